The Morgan fingerprint density at radius 3 is 2.37 bits per heavy atom. The Morgan fingerprint density at radius 2 is 1.80 bits per heavy atom. The van der Waals surface area contributed by atoms with Crippen molar-refractivity contribution in [3.05, 3.63) is 70.7 Å². The number of rotatable bonds is 4. The van der Waals surface area contributed by atoms with Gasteiger partial charge < -0.3 is 25.1 Å². The van der Waals surface area contributed by atoms with Crippen LogP contribution in [-0.2, 0) is 0 Å². The van der Waals surface area contributed by atoms with E-state index in [9.17, 15) is 10.4 Å². The summed E-state index contributed by atoms with van der Waals surface area (Å²) in [4.78, 5) is 0. The van der Waals surface area contributed by atoms with Crippen LogP contribution in [0.3, 0.4) is 0 Å². The molecule has 1 aromatic heterocycles. The van der Waals surface area contributed by atoms with E-state index in [1.807, 2.05) is 37.3 Å². The molecule has 0 amide bonds. The molecular formula is C22H20N4O4. The van der Waals surface area contributed by atoms with Crippen molar-refractivity contribution in [2.45, 2.75) is 12.8 Å². The molecule has 30 heavy (non-hydrogen) atoms. The number of methoxy groups -OCH3 is 2. The van der Waals surface area contributed by atoms with Crippen molar-refractivity contribution in [2.75, 3.05) is 14.2 Å². The average Bonchev–Trinajstić information content (AvgIpc) is 3.09. The Labute approximate surface area is 173 Å². The third-order valence-electron chi connectivity index (χ3n) is 5.07. The van der Waals surface area contributed by atoms with Gasteiger partial charge >= 0.3 is 0 Å². The Balaban J connectivity index is 1.98. The molecule has 0 unspecified atom stereocenters. The largest absolute Gasteiger partial charge is 0.502 e. The summed E-state index contributed by atoms with van der Waals surface area (Å²) in [5.41, 5.74) is 9.23. The molecule has 0 fully saturated rings. The molecular weight excluding hydrogens is 384 g/mol. The fraction of sp³-hybridized carbons (Fsp3) is 0.182. The zero-order valence-corrected chi connectivity index (χ0v) is 16.7. The van der Waals surface area contributed by atoms with Crippen LogP contribution in [0, 0.1) is 18.3 Å². The standard InChI is InChI=1S/C22H20N4O4/c1-12-18-19(13-9-16(28-2)20(27)17(10-13)29-3)15(11-23)21(24)30-22(18)26(25-12)14-7-5-4-6-8-14/h4-10,19,27H,24H2,1-3H3/t19-/m0/s1. The molecule has 0 spiro atoms. The van der Waals surface area contributed by atoms with E-state index in [0.29, 0.717) is 22.7 Å². The number of para-hydroxylation sites is 1. The predicted molar refractivity (Wildman–Crippen MR) is 109 cm³/mol. The predicted octanol–water partition coefficient (Wildman–Crippen LogP) is 3.12. The molecule has 1 aliphatic heterocycles. The van der Waals surface area contributed by atoms with E-state index >= 15 is 0 Å². The fourth-order valence-electron chi connectivity index (χ4n) is 3.67. The lowest BCUT2D eigenvalue weighted by atomic mass is 9.84. The molecule has 152 valence electrons. The first-order chi connectivity index (χ1) is 14.5. The Morgan fingerprint density at radius 1 is 1.17 bits per heavy atom. The van der Waals surface area contributed by atoms with Gasteiger partial charge in [0, 0.05) is 0 Å². The van der Waals surface area contributed by atoms with Crippen molar-refractivity contribution in [1.29, 1.82) is 5.26 Å². The number of allylic oxidation sites excluding steroid dienone is 1. The van der Waals surface area contributed by atoms with Crippen molar-refractivity contribution < 1.29 is 19.3 Å². The Bertz CT molecular complexity index is 1170. The number of aryl methyl sites for hydroxylation is 1. The maximum atomic E-state index is 10.3. The first-order valence-electron chi connectivity index (χ1n) is 9.17. The molecule has 2 heterocycles. The van der Waals surface area contributed by atoms with E-state index in [-0.39, 0.29) is 28.7 Å². The van der Waals surface area contributed by atoms with Gasteiger partial charge in [-0.2, -0.15) is 10.4 Å². The minimum absolute atomic E-state index is 0.00177. The highest BCUT2D eigenvalue weighted by Crippen LogP contribution is 2.48. The van der Waals surface area contributed by atoms with Crippen LogP contribution < -0.4 is 19.9 Å². The Kier molecular flexibility index (Phi) is 4.72. The van der Waals surface area contributed by atoms with Crippen LogP contribution >= 0.6 is 0 Å². The second-order valence-electron chi connectivity index (χ2n) is 6.75. The van der Waals surface area contributed by atoms with Gasteiger partial charge in [-0.1, -0.05) is 18.2 Å². The van der Waals surface area contributed by atoms with Crippen molar-refractivity contribution in [3.63, 3.8) is 0 Å². The second-order valence-corrected chi connectivity index (χ2v) is 6.75. The van der Waals surface area contributed by atoms with Crippen LogP contribution in [0.5, 0.6) is 23.1 Å². The zero-order valence-electron chi connectivity index (χ0n) is 16.7. The van der Waals surface area contributed by atoms with Gasteiger partial charge in [0.05, 0.1) is 37.1 Å². The number of nitrogens with zero attached hydrogens (tertiary/aromatic N) is 3. The molecule has 0 aliphatic carbocycles. The van der Waals surface area contributed by atoms with Gasteiger partial charge in [-0.05, 0) is 36.8 Å². The lowest BCUT2D eigenvalue weighted by Gasteiger charge is -2.25. The van der Waals surface area contributed by atoms with Crippen LogP contribution in [0.1, 0.15) is 22.7 Å². The van der Waals surface area contributed by atoms with Crippen molar-refractivity contribution in [2.24, 2.45) is 5.73 Å². The molecule has 4 rings (SSSR count). The number of phenolic OH excluding ortho intramolecular Hbond substituents is 1. The molecule has 0 saturated carbocycles. The van der Waals surface area contributed by atoms with E-state index < -0.39 is 5.92 Å². The highest BCUT2D eigenvalue weighted by molar-refractivity contribution is 5.61. The molecule has 8 nitrogen and oxygen atoms in total. The number of nitrogens with two attached hydrogens (primary N) is 1. The zero-order chi connectivity index (χ0) is 21.4. The summed E-state index contributed by atoms with van der Waals surface area (Å²) < 4.78 is 18.1. The summed E-state index contributed by atoms with van der Waals surface area (Å²) >= 11 is 0. The topological polar surface area (TPSA) is 116 Å². The summed E-state index contributed by atoms with van der Waals surface area (Å²) in [5, 5.41) is 24.8. The van der Waals surface area contributed by atoms with Crippen molar-refractivity contribution in [1.82, 2.24) is 9.78 Å². The molecule has 8 heteroatoms. The normalized spacial score (nSPS) is 15.2. The lowest BCUT2D eigenvalue weighted by molar-refractivity contribution is 0.338. The number of benzene rings is 2. The number of ether oxygens (including phenoxy) is 3. The molecule has 3 aromatic rings. The third-order valence-corrected chi connectivity index (χ3v) is 5.07. The Hall–Kier alpha value is -4.12. The van der Waals surface area contributed by atoms with Gasteiger partial charge in [-0.3, -0.25) is 0 Å². The molecule has 1 atom stereocenters. The molecule has 3 N–H and O–H groups in total. The fourth-order valence-corrected chi connectivity index (χ4v) is 3.67. The third kappa shape index (κ3) is 2.88. The van der Waals surface area contributed by atoms with Gasteiger partial charge in [0.15, 0.2) is 11.5 Å². The summed E-state index contributed by atoms with van der Waals surface area (Å²) in [6.45, 7) is 1.85. The summed E-state index contributed by atoms with van der Waals surface area (Å²) in [6.07, 6.45) is 0. The molecule has 1 aliphatic rings. The average molecular weight is 404 g/mol. The highest BCUT2D eigenvalue weighted by atomic mass is 16.5. The summed E-state index contributed by atoms with van der Waals surface area (Å²) in [6, 6.07) is 15.0. The number of fused-ring (bicyclic) bond motifs is 1. The van der Waals surface area contributed by atoms with E-state index in [2.05, 4.69) is 11.2 Å². The van der Waals surface area contributed by atoms with Crippen LogP contribution in [0.2, 0.25) is 0 Å². The van der Waals surface area contributed by atoms with E-state index in [1.165, 1.54) is 14.2 Å². The molecule has 0 saturated heterocycles. The second kappa shape index (κ2) is 7.37. The van der Waals surface area contributed by atoms with Gasteiger partial charge in [0.25, 0.3) is 0 Å². The smallest absolute Gasteiger partial charge is 0.229 e. The minimum Gasteiger partial charge on any atom is -0.502 e. The van der Waals surface area contributed by atoms with Crippen LogP contribution in [0.4, 0.5) is 0 Å². The number of nitriles is 1. The van der Waals surface area contributed by atoms with Gasteiger partial charge in [-0.15, -0.1) is 0 Å². The number of aromatic nitrogens is 2. The van der Waals surface area contributed by atoms with Crippen LogP contribution in [0.15, 0.2) is 53.9 Å². The maximum Gasteiger partial charge on any atom is 0.229 e. The molecule has 0 radical (unpaired) electrons. The highest BCUT2D eigenvalue weighted by Gasteiger charge is 2.37. The molecule has 0 bridgehead atoms. The van der Waals surface area contributed by atoms with Gasteiger partial charge in [-0.25, -0.2) is 4.68 Å². The summed E-state index contributed by atoms with van der Waals surface area (Å²) in [5.74, 6) is 0.190. The first-order valence-corrected chi connectivity index (χ1v) is 9.17. The monoisotopic (exact) mass is 404 g/mol. The SMILES string of the molecule is COc1cc([C@H]2C(C#N)=C(N)Oc3c2c(C)nn3-c2ccccc2)cc(OC)c1O. The van der Waals surface area contributed by atoms with Gasteiger partial charge in [0.2, 0.25) is 17.5 Å². The van der Waals surface area contributed by atoms with E-state index in [1.54, 1.807) is 16.8 Å². The lowest BCUT2D eigenvalue weighted by Crippen LogP contribution is -2.22. The van der Waals surface area contributed by atoms with E-state index in [4.69, 9.17) is 19.9 Å². The van der Waals surface area contributed by atoms with E-state index in [0.717, 1.165) is 5.69 Å². The summed E-state index contributed by atoms with van der Waals surface area (Å²) in [7, 11) is 2.89. The van der Waals surface area contributed by atoms with Gasteiger partial charge in [0.1, 0.15) is 11.6 Å². The minimum atomic E-state index is -0.570. The van der Waals surface area contributed by atoms with Crippen molar-refractivity contribution in [3.8, 4) is 34.9 Å². The number of hydrogen-bond donors (Lipinski definition) is 2. The number of phenols is 1. The quantitative estimate of drug-likeness (QED) is 0.686. The maximum absolute atomic E-state index is 10.3. The van der Waals surface area contributed by atoms with Crippen LogP contribution in [0.25, 0.3) is 5.69 Å². The van der Waals surface area contributed by atoms with Crippen LogP contribution in [-0.4, -0.2) is 29.1 Å². The molecule has 2 aromatic carbocycles. The number of aromatic hydroxyl groups is 1. The number of hydrogen-bond acceptors (Lipinski definition) is 7. The first kappa shape index (κ1) is 19.2. The van der Waals surface area contributed by atoms with Crippen molar-refractivity contribution >= 4 is 0 Å².